The average Bonchev–Trinajstić information content (AvgIpc) is 3.72. The number of carbonyl (C=O) groups excluding carboxylic acids is 1. The van der Waals surface area contributed by atoms with Crippen LogP contribution in [0.15, 0.2) is 47.7 Å². The highest BCUT2D eigenvalue weighted by Gasteiger charge is 2.54. The normalized spacial score (nSPS) is 27.5. The van der Waals surface area contributed by atoms with Crippen molar-refractivity contribution in [2.75, 3.05) is 25.6 Å². The van der Waals surface area contributed by atoms with E-state index >= 15 is 0 Å². The molecule has 2 aliphatic heterocycles. The van der Waals surface area contributed by atoms with Crippen molar-refractivity contribution in [3.05, 3.63) is 54.0 Å². The van der Waals surface area contributed by atoms with Crippen LogP contribution in [0.4, 0.5) is 5.82 Å². The number of aliphatic hydroxyl groups is 2. The Morgan fingerprint density at radius 3 is 2.67 bits per heavy atom. The number of nitrogen functional groups attached to an aromatic ring is 1. The van der Waals surface area contributed by atoms with Crippen molar-refractivity contribution in [2.45, 2.75) is 82.5 Å². The van der Waals surface area contributed by atoms with Gasteiger partial charge in [0, 0.05) is 6.42 Å². The Hall–Kier alpha value is -3.39. The molecule has 0 bridgehead atoms. The van der Waals surface area contributed by atoms with Gasteiger partial charge in [0.25, 0.3) is 0 Å². The standard InChI is InChI=1S/C30H40N5O9P/c1-18(28(38)42-21-12-13-40-14-21)33-17-45(39,44-20-8-6-19(7-9-20)29(2,3)4)41-15-23-25(36)26(37)30(5,43-23)24-11-10-22-27(31)32-16-34-35(22)24/h6-11,16-18,21,23,25-26,36-37H,12-15H2,1-5H3,(H2,31,32,34)/b33-17+/t18-,21-,23+,25+,26+,30-,45?/m0/s1. The number of rotatable bonds is 10. The van der Waals surface area contributed by atoms with Crippen LogP contribution in [-0.2, 0) is 39.1 Å². The van der Waals surface area contributed by atoms with Crippen molar-refractivity contribution in [2.24, 2.45) is 4.99 Å². The summed E-state index contributed by atoms with van der Waals surface area (Å²) in [5, 5.41) is 26.3. The van der Waals surface area contributed by atoms with Crippen LogP contribution in [0.2, 0.25) is 0 Å². The van der Waals surface area contributed by atoms with Crippen molar-refractivity contribution in [1.29, 1.82) is 0 Å². The Kier molecular flexibility index (Phi) is 9.37. The Labute approximate surface area is 261 Å². The van der Waals surface area contributed by atoms with E-state index in [1.807, 2.05) is 12.1 Å². The number of aliphatic imine (C=N–C) groups is 1. The average molecular weight is 646 g/mol. The number of nitrogens with zero attached hydrogens (tertiary/aromatic N) is 4. The number of fused-ring (bicyclic) bond motifs is 1. The van der Waals surface area contributed by atoms with Gasteiger partial charge < -0.3 is 34.7 Å². The van der Waals surface area contributed by atoms with Gasteiger partial charge in [-0.2, -0.15) is 5.10 Å². The first-order valence-electron chi connectivity index (χ1n) is 14.7. The maximum atomic E-state index is 14.1. The summed E-state index contributed by atoms with van der Waals surface area (Å²) >= 11 is 0. The fourth-order valence-corrected chi connectivity index (χ4v) is 6.49. The van der Waals surface area contributed by atoms with E-state index in [0.717, 1.165) is 11.5 Å². The molecule has 14 nitrogen and oxygen atoms in total. The Morgan fingerprint density at radius 1 is 1.27 bits per heavy atom. The third kappa shape index (κ3) is 7.06. The maximum Gasteiger partial charge on any atom is 0.421 e. The summed E-state index contributed by atoms with van der Waals surface area (Å²) < 4.78 is 44.0. The van der Waals surface area contributed by atoms with E-state index in [1.54, 1.807) is 31.2 Å². The van der Waals surface area contributed by atoms with Crippen LogP contribution < -0.4 is 10.3 Å². The van der Waals surface area contributed by atoms with Crippen LogP contribution >= 0.6 is 7.60 Å². The molecule has 0 aliphatic carbocycles. The molecule has 45 heavy (non-hydrogen) atoms. The summed E-state index contributed by atoms with van der Waals surface area (Å²) in [5.74, 6) is 0.820. The van der Waals surface area contributed by atoms with Crippen molar-refractivity contribution >= 4 is 30.9 Å². The fourth-order valence-electron chi connectivity index (χ4n) is 5.19. The van der Waals surface area contributed by atoms with Gasteiger partial charge in [0.1, 0.15) is 59.6 Å². The van der Waals surface area contributed by atoms with Gasteiger partial charge >= 0.3 is 13.6 Å². The van der Waals surface area contributed by atoms with Gasteiger partial charge in [0.2, 0.25) is 0 Å². The number of aromatic nitrogens is 3. The molecule has 0 spiro atoms. The monoisotopic (exact) mass is 645 g/mol. The number of ether oxygens (including phenoxy) is 3. The number of hydrogen-bond acceptors (Lipinski definition) is 13. The number of hydrogen-bond donors (Lipinski definition) is 3. The van der Waals surface area contributed by atoms with Gasteiger partial charge in [-0.1, -0.05) is 32.9 Å². The van der Waals surface area contributed by atoms with Crippen molar-refractivity contribution < 1.29 is 42.8 Å². The molecule has 0 radical (unpaired) electrons. The zero-order valence-electron chi connectivity index (χ0n) is 25.9. The fraction of sp³-hybridized carbons (Fsp3) is 0.533. The lowest BCUT2D eigenvalue weighted by molar-refractivity contribution is -0.150. The van der Waals surface area contributed by atoms with Crippen LogP contribution in [0.5, 0.6) is 5.75 Å². The highest BCUT2D eigenvalue weighted by atomic mass is 31.2. The van der Waals surface area contributed by atoms with Crippen molar-refractivity contribution in [1.82, 2.24) is 14.6 Å². The maximum absolute atomic E-state index is 14.1. The number of esters is 1. The first kappa shape index (κ1) is 33.0. The van der Waals surface area contributed by atoms with Crippen LogP contribution in [-0.4, -0.2) is 87.0 Å². The lowest BCUT2D eigenvalue weighted by Crippen LogP contribution is -2.39. The largest absolute Gasteiger partial charge is 0.458 e. The molecule has 2 fully saturated rings. The lowest BCUT2D eigenvalue weighted by Gasteiger charge is -2.27. The van der Waals surface area contributed by atoms with E-state index in [2.05, 4.69) is 35.8 Å². The van der Waals surface area contributed by atoms with Crippen LogP contribution in [0.1, 0.15) is 52.3 Å². The van der Waals surface area contributed by atoms with Crippen LogP contribution in [0.25, 0.3) is 5.52 Å². The predicted molar refractivity (Wildman–Crippen MR) is 164 cm³/mol. The second kappa shape index (κ2) is 12.8. The third-order valence-electron chi connectivity index (χ3n) is 7.97. The van der Waals surface area contributed by atoms with E-state index in [4.69, 9.17) is 29.0 Å². The van der Waals surface area contributed by atoms with E-state index in [-0.39, 0.29) is 23.1 Å². The minimum absolute atomic E-state index is 0.118. The molecular formula is C30H40N5O9P. The minimum Gasteiger partial charge on any atom is -0.458 e. The molecule has 4 N–H and O–H groups in total. The second-order valence-electron chi connectivity index (χ2n) is 12.4. The van der Waals surface area contributed by atoms with Crippen molar-refractivity contribution in [3.63, 3.8) is 0 Å². The molecule has 2 saturated heterocycles. The summed E-state index contributed by atoms with van der Waals surface area (Å²) in [5.41, 5.74) is 6.35. The smallest absolute Gasteiger partial charge is 0.421 e. The Balaban J connectivity index is 1.35. The summed E-state index contributed by atoms with van der Waals surface area (Å²) in [7, 11) is -4.21. The molecule has 0 amide bonds. The molecule has 3 aromatic rings. The highest BCUT2D eigenvalue weighted by molar-refractivity contribution is 7.70. The number of carbonyl (C=O) groups is 1. The molecule has 0 saturated carbocycles. The molecule has 1 unspecified atom stereocenters. The Morgan fingerprint density at radius 2 is 2.00 bits per heavy atom. The number of nitrogens with two attached hydrogens (primary N) is 1. The summed E-state index contributed by atoms with van der Waals surface area (Å²) in [6, 6.07) is 9.36. The quantitative estimate of drug-likeness (QED) is 0.166. The van der Waals surface area contributed by atoms with Crippen LogP contribution in [0.3, 0.4) is 0 Å². The lowest BCUT2D eigenvalue weighted by atomic mass is 9.87. The van der Waals surface area contributed by atoms with E-state index in [1.165, 1.54) is 17.8 Å². The van der Waals surface area contributed by atoms with E-state index in [9.17, 15) is 19.6 Å². The molecule has 7 atom stereocenters. The number of anilines is 1. The van der Waals surface area contributed by atoms with Gasteiger partial charge in [-0.15, -0.1) is 0 Å². The molecule has 1 aromatic carbocycles. The van der Waals surface area contributed by atoms with Gasteiger partial charge in [-0.3, -0.25) is 9.52 Å². The summed E-state index contributed by atoms with van der Waals surface area (Å²) in [6.45, 7) is 9.66. The van der Waals surface area contributed by atoms with Crippen molar-refractivity contribution in [3.8, 4) is 5.75 Å². The molecule has 15 heteroatoms. The molecule has 2 aliphatic rings. The zero-order valence-corrected chi connectivity index (χ0v) is 26.8. The third-order valence-corrected chi connectivity index (χ3v) is 9.36. The molecular weight excluding hydrogens is 605 g/mol. The second-order valence-corrected chi connectivity index (χ2v) is 14.2. The van der Waals surface area contributed by atoms with Gasteiger partial charge in [-0.05, 0) is 49.1 Å². The Bertz CT molecular complexity index is 1580. The minimum atomic E-state index is -4.21. The van der Waals surface area contributed by atoms with Gasteiger partial charge in [0.05, 0.1) is 25.5 Å². The molecule has 244 valence electrons. The van der Waals surface area contributed by atoms with E-state index in [0.29, 0.717) is 30.8 Å². The number of aliphatic hydroxyl groups excluding tert-OH is 2. The number of benzene rings is 1. The topological polar surface area (TPSA) is 189 Å². The molecule has 5 rings (SSSR count). The van der Waals surface area contributed by atoms with Crippen LogP contribution in [0, 0.1) is 0 Å². The first-order chi connectivity index (χ1) is 21.2. The zero-order chi connectivity index (χ0) is 32.6. The molecule has 4 heterocycles. The molecule has 2 aromatic heterocycles. The highest BCUT2D eigenvalue weighted by Crippen LogP contribution is 2.48. The first-order valence-corrected chi connectivity index (χ1v) is 16.3. The predicted octanol–water partition coefficient (Wildman–Crippen LogP) is 2.98. The summed E-state index contributed by atoms with van der Waals surface area (Å²) in [6.07, 6.45) is -2.48. The SMILES string of the molecule is C[C@H](/N=C/P(=O)(OC[C@H]1O[C@@](C)(c2ccc3c(N)ncnn23)[C@H](O)[C@@H]1O)Oc1ccc(C(C)(C)C)cc1)C(=O)O[C@H]1CCOC1. The van der Waals surface area contributed by atoms with Gasteiger partial charge in [0.15, 0.2) is 5.82 Å². The van der Waals surface area contributed by atoms with Gasteiger partial charge in [-0.25, -0.2) is 18.9 Å². The summed E-state index contributed by atoms with van der Waals surface area (Å²) in [4.78, 5) is 20.7. The van der Waals surface area contributed by atoms with E-state index < -0.39 is 50.1 Å².